The highest BCUT2D eigenvalue weighted by Crippen LogP contribution is 2.23. The minimum absolute atomic E-state index is 0.176. The fourth-order valence-corrected chi connectivity index (χ4v) is 3.93. The van der Waals surface area contributed by atoms with E-state index in [0.29, 0.717) is 22.6 Å². The quantitative estimate of drug-likeness (QED) is 0.650. The Morgan fingerprint density at radius 1 is 1.10 bits per heavy atom. The van der Waals surface area contributed by atoms with E-state index in [-0.39, 0.29) is 5.69 Å². The lowest BCUT2D eigenvalue weighted by atomic mass is 10.2. The fraction of sp³-hybridized carbons (Fsp3) is 0.263. The maximum Gasteiger partial charge on any atom is 0.328 e. The number of ether oxygens (including phenoxy) is 1. The number of rotatable bonds is 6. The number of carbonyl (C=O) groups is 1. The number of aromatic nitrogens is 2. The van der Waals surface area contributed by atoms with Gasteiger partial charge in [-0.05, 0) is 30.3 Å². The van der Waals surface area contributed by atoms with Gasteiger partial charge in [-0.1, -0.05) is 6.07 Å². The summed E-state index contributed by atoms with van der Waals surface area (Å²) in [5, 5.41) is 2.69. The number of sulfonamides is 1. The molecule has 0 aliphatic heterocycles. The number of nitrogens with one attached hydrogen (secondary N) is 1. The summed E-state index contributed by atoms with van der Waals surface area (Å²) in [6, 6.07) is 11.5. The third-order valence-electron chi connectivity index (χ3n) is 4.58. The van der Waals surface area contributed by atoms with Crippen molar-refractivity contribution in [2.45, 2.75) is 0 Å². The van der Waals surface area contributed by atoms with Crippen molar-refractivity contribution in [3.05, 3.63) is 52.9 Å². The SMILES string of the molecule is COc1cccc(N(CC(=O)Nc2ccc3c(c2)n(C)c(=O)n3C)S(C)(=O)=O)c1. The van der Waals surface area contributed by atoms with Crippen molar-refractivity contribution >= 4 is 38.3 Å². The van der Waals surface area contributed by atoms with Crippen molar-refractivity contribution in [2.24, 2.45) is 14.1 Å². The molecule has 10 heteroatoms. The molecule has 29 heavy (non-hydrogen) atoms. The number of carbonyl (C=O) groups excluding carboxylic acids is 1. The zero-order valence-electron chi connectivity index (χ0n) is 16.5. The summed E-state index contributed by atoms with van der Waals surface area (Å²) in [5.41, 5.74) is 1.99. The van der Waals surface area contributed by atoms with E-state index >= 15 is 0 Å². The Balaban J connectivity index is 1.86. The molecule has 0 spiro atoms. The number of imidazole rings is 1. The Morgan fingerprint density at radius 3 is 2.45 bits per heavy atom. The maximum atomic E-state index is 12.6. The second-order valence-electron chi connectivity index (χ2n) is 6.62. The molecule has 0 atom stereocenters. The van der Waals surface area contributed by atoms with Crippen molar-refractivity contribution in [3.63, 3.8) is 0 Å². The third-order valence-corrected chi connectivity index (χ3v) is 5.73. The number of fused-ring (bicyclic) bond motifs is 1. The standard InChI is InChI=1S/C19H22N4O5S/c1-21-16-9-8-13(10-17(16)22(2)19(21)25)20-18(24)12-23(29(4,26)27)14-6-5-7-15(11-14)28-3/h5-11H,12H2,1-4H3,(H,20,24). The predicted octanol–water partition coefficient (Wildman–Crippen LogP) is 1.29. The molecule has 1 N–H and O–H groups in total. The normalized spacial score (nSPS) is 11.4. The molecule has 1 aromatic heterocycles. The molecule has 0 unspecified atom stereocenters. The molecule has 9 nitrogen and oxygen atoms in total. The monoisotopic (exact) mass is 418 g/mol. The molecule has 0 fully saturated rings. The summed E-state index contributed by atoms with van der Waals surface area (Å²) < 4.78 is 33.6. The molecule has 0 bridgehead atoms. The van der Waals surface area contributed by atoms with Gasteiger partial charge in [0.15, 0.2) is 0 Å². The lowest BCUT2D eigenvalue weighted by molar-refractivity contribution is -0.114. The molecule has 0 saturated heterocycles. The number of anilines is 2. The number of benzene rings is 2. The Hall–Kier alpha value is -3.27. The summed E-state index contributed by atoms with van der Waals surface area (Å²) in [5.74, 6) is -0.0365. The Bertz CT molecular complexity index is 1240. The fourth-order valence-electron chi connectivity index (χ4n) is 3.08. The van der Waals surface area contributed by atoms with Gasteiger partial charge in [-0.15, -0.1) is 0 Å². The maximum absolute atomic E-state index is 12.6. The predicted molar refractivity (Wildman–Crippen MR) is 112 cm³/mol. The lowest BCUT2D eigenvalue weighted by Gasteiger charge is -2.22. The van der Waals surface area contributed by atoms with E-state index in [0.717, 1.165) is 16.1 Å². The summed E-state index contributed by atoms with van der Waals surface area (Å²) in [4.78, 5) is 24.6. The van der Waals surface area contributed by atoms with Gasteiger partial charge in [0, 0.05) is 25.8 Å². The number of amides is 1. The highest BCUT2D eigenvalue weighted by Gasteiger charge is 2.21. The van der Waals surface area contributed by atoms with Crippen molar-refractivity contribution < 1.29 is 17.9 Å². The highest BCUT2D eigenvalue weighted by molar-refractivity contribution is 7.92. The third kappa shape index (κ3) is 4.11. The van der Waals surface area contributed by atoms with Crippen LogP contribution < -0.4 is 20.0 Å². The van der Waals surface area contributed by atoms with Gasteiger partial charge >= 0.3 is 5.69 Å². The molecule has 0 aliphatic carbocycles. The molecule has 0 saturated carbocycles. The van der Waals surface area contributed by atoms with Crippen molar-refractivity contribution in [1.82, 2.24) is 9.13 Å². The van der Waals surface area contributed by atoms with E-state index in [9.17, 15) is 18.0 Å². The smallest absolute Gasteiger partial charge is 0.328 e. The van der Waals surface area contributed by atoms with Crippen LogP contribution >= 0.6 is 0 Å². The molecule has 3 aromatic rings. The number of hydrogen-bond acceptors (Lipinski definition) is 5. The van der Waals surface area contributed by atoms with Crippen LogP contribution in [0, 0.1) is 0 Å². The van der Waals surface area contributed by atoms with Crippen molar-refractivity contribution in [3.8, 4) is 5.75 Å². The first-order chi connectivity index (χ1) is 13.6. The van der Waals surface area contributed by atoms with Crippen molar-refractivity contribution in [2.75, 3.05) is 29.5 Å². The van der Waals surface area contributed by atoms with E-state index in [2.05, 4.69) is 5.32 Å². The van der Waals surface area contributed by atoms with Gasteiger partial charge in [-0.3, -0.25) is 18.2 Å². The number of nitrogens with zero attached hydrogens (tertiary/aromatic N) is 3. The van der Waals surface area contributed by atoms with Crippen LogP contribution in [0.4, 0.5) is 11.4 Å². The number of methoxy groups -OCH3 is 1. The molecule has 0 radical (unpaired) electrons. The number of aryl methyl sites for hydroxylation is 2. The van der Waals surface area contributed by atoms with E-state index in [1.807, 2.05) is 0 Å². The van der Waals surface area contributed by atoms with Crippen LogP contribution in [0.3, 0.4) is 0 Å². The Labute approximate surface area is 168 Å². The topological polar surface area (TPSA) is 103 Å². The van der Waals surface area contributed by atoms with E-state index in [1.165, 1.54) is 16.2 Å². The first-order valence-electron chi connectivity index (χ1n) is 8.69. The van der Waals surface area contributed by atoms with Crippen LogP contribution in [-0.2, 0) is 28.9 Å². The lowest BCUT2D eigenvalue weighted by Crippen LogP contribution is -2.37. The van der Waals surface area contributed by atoms with Gasteiger partial charge in [0.1, 0.15) is 12.3 Å². The van der Waals surface area contributed by atoms with E-state index in [1.54, 1.807) is 56.6 Å². The van der Waals surface area contributed by atoms with Crippen LogP contribution in [0.2, 0.25) is 0 Å². The Kier molecular flexibility index (Phi) is 5.38. The minimum atomic E-state index is -3.71. The van der Waals surface area contributed by atoms with Crippen LogP contribution in [0.5, 0.6) is 5.75 Å². The van der Waals surface area contributed by atoms with Crippen LogP contribution in [0.15, 0.2) is 47.3 Å². The van der Waals surface area contributed by atoms with Gasteiger partial charge in [-0.25, -0.2) is 13.2 Å². The zero-order chi connectivity index (χ0) is 21.3. The van der Waals surface area contributed by atoms with Gasteiger partial charge < -0.3 is 10.1 Å². The van der Waals surface area contributed by atoms with E-state index < -0.39 is 22.5 Å². The average molecular weight is 418 g/mol. The molecule has 2 aromatic carbocycles. The molecule has 3 rings (SSSR count). The minimum Gasteiger partial charge on any atom is -0.497 e. The van der Waals surface area contributed by atoms with Gasteiger partial charge in [0.2, 0.25) is 15.9 Å². The second kappa shape index (κ2) is 7.63. The first kappa shape index (κ1) is 20.5. The molecule has 1 heterocycles. The molecule has 154 valence electrons. The van der Waals surface area contributed by atoms with Gasteiger partial charge in [0.25, 0.3) is 0 Å². The van der Waals surface area contributed by atoms with Gasteiger partial charge in [0.05, 0.1) is 30.1 Å². The van der Waals surface area contributed by atoms with Crippen molar-refractivity contribution in [1.29, 1.82) is 0 Å². The molecule has 0 aliphatic rings. The first-order valence-corrected chi connectivity index (χ1v) is 10.5. The average Bonchev–Trinajstić information content (AvgIpc) is 2.89. The van der Waals surface area contributed by atoms with Crippen LogP contribution in [-0.4, -0.2) is 43.4 Å². The highest BCUT2D eigenvalue weighted by atomic mass is 32.2. The second-order valence-corrected chi connectivity index (χ2v) is 8.53. The summed E-state index contributed by atoms with van der Waals surface area (Å²) in [7, 11) is 1.08. The molecule has 1 amide bonds. The largest absolute Gasteiger partial charge is 0.497 e. The number of hydrogen-bond donors (Lipinski definition) is 1. The van der Waals surface area contributed by atoms with E-state index in [4.69, 9.17) is 4.74 Å². The molecular weight excluding hydrogens is 396 g/mol. The van der Waals surface area contributed by atoms with Crippen LogP contribution in [0.1, 0.15) is 0 Å². The zero-order valence-corrected chi connectivity index (χ0v) is 17.4. The van der Waals surface area contributed by atoms with Gasteiger partial charge in [-0.2, -0.15) is 0 Å². The molecular formula is C19H22N4O5S. The Morgan fingerprint density at radius 2 is 1.79 bits per heavy atom. The van der Waals surface area contributed by atoms with Crippen LogP contribution in [0.25, 0.3) is 11.0 Å². The summed E-state index contributed by atoms with van der Waals surface area (Å²) >= 11 is 0. The summed E-state index contributed by atoms with van der Waals surface area (Å²) in [6.45, 7) is -0.405. The summed E-state index contributed by atoms with van der Waals surface area (Å²) in [6.07, 6.45) is 1.03.